The molecule has 0 aromatic heterocycles. The Morgan fingerprint density at radius 1 is 1.11 bits per heavy atom. The van der Waals surface area contributed by atoms with Gasteiger partial charge in [0.15, 0.2) is 6.61 Å². The number of carbonyl (C=O) groups is 2. The van der Waals surface area contributed by atoms with Gasteiger partial charge in [-0.25, -0.2) is 4.79 Å². The quantitative estimate of drug-likeness (QED) is 0.722. The van der Waals surface area contributed by atoms with E-state index >= 15 is 0 Å². The van der Waals surface area contributed by atoms with Crippen molar-refractivity contribution in [1.29, 1.82) is 0 Å². The molecule has 1 aliphatic rings. The average molecular weight is 370 g/mol. The lowest BCUT2D eigenvalue weighted by Gasteiger charge is -2.32. The van der Waals surface area contributed by atoms with Gasteiger partial charge in [0.2, 0.25) is 0 Å². The number of para-hydroxylation sites is 2. The summed E-state index contributed by atoms with van der Waals surface area (Å²) in [6, 6.07) is 13.9. The van der Waals surface area contributed by atoms with E-state index in [1.807, 2.05) is 24.3 Å². The van der Waals surface area contributed by atoms with Crippen LogP contribution in [0.2, 0.25) is 0 Å². The van der Waals surface area contributed by atoms with E-state index < -0.39 is 12.6 Å². The molecule has 1 amide bonds. The number of carboxylic acid groups (broad SMARTS) is 1. The number of hydrogen-bond acceptors (Lipinski definition) is 5. The highest BCUT2D eigenvalue weighted by Gasteiger charge is 2.20. The highest BCUT2D eigenvalue weighted by Crippen LogP contribution is 2.29. The van der Waals surface area contributed by atoms with E-state index in [0.29, 0.717) is 29.8 Å². The molecule has 1 saturated heterocycles. The second-order valence-electron chi connectivity index (χ2n) is 6.40. The third-order valence-electron chi connectivity index (χ3n) is 4.42. The van der Waals surface area contributed by atoms with Crippen molar-refractivity contribution in [3.05, 3.63) is 54.1 Å². The van der Waals surface area contributed by atoms with E-state index in [1.54, 1.807) is 18.2 Å². The van der Waals surface area contributed by atoms with Crippen LogP contribution in [0.25, 0.3) is 0 Å². The topological polar surface area (TPSA) is 99.1 Å². The molecule has 7 nitrogen and oxygen atoms in total. The fraction of sp³-hybridized carbons (Fsp3) is 0.300. The molecule has 1 heterocycles. The van der Waals surface area contributed by atoms with Crippen molar-refractivity contribution in [2.75, 3.05) is 29.9 Å². The summed E-state index contributed by atoms with van der Waals surface area (Å²) in [5, 5.41) is 21.3. The molecule has 7 heteroatoms. The summed E-state index contributed by atoms with van der Waals surface area (Å²) < 4.78 is 5.13. The molecule has 0 saturated carbocycles. The lowest BCUT2D eigenvalue weighted by atomic mass is 10.1. The number of amides is 1. The monoisotopic (exact) mass is 370 g/mol. The summed E-state index contributed by atoms with van der Waals surface area (Å²) in [5.74, 6) is -1.06. The van der Waals surface area contributed by atoms with Gasteiger partial charge >= 0.3 is 5.97 Å². The standard InChI is InChI=1S/C20H22N2O5/c23-15-8-10-22(11-9-15)18-7-2-1-6-17(18)21-20(26)14-4-3-5-16(12-14)27-13-19(24)25/h1-7,12,15,23H,8-11,13H2,(H,21,26)(H,24,25). The molecule has 0 aliphatic carbocycles. The predicted molar refractivity (Wildman–Crippen MR) is 101 cm³/mol. The minimum Gasteiger partial charge on any atom is -0.482 e. The first-order valence-electron chi connectivity index (χ1n) is 8.81. The molecule has 1 fully saturated rings. The SMILES string of the molecule is O=C(O)COc1cccc(C(=O)Nc2ccccc2N2CCC(O)CC2)c1. The first-order valence-corrected chi connectivity index (χ1v) is 8.81. The number of aliphatic carboxylic acids is 1. The molecular formula is C20H22N2O5. The van der Waals surface area contributed by atoms with Crippen LogP contribution in [-0.2, 0) is 4.79 Å². The number of carbonyl (C=O) groups excluding carboxylic acids is 1. The van der Waals surface area contributed by atoms with Crippen molar-refractivity contribution in [3.63, 3.8) is 0 Å². The third-order valence-corrected chi connectivity index (χ3v) is 4.42. The average Bonchev–Trinajstić information content (AvgIpc) is 2.68. The second-order valence-corrected chi connectivity index (χ2v) is 6.40. The van der Waals surface area contributed by atoms with Crippen molar-refractivity contribution < 1.29 is 24.5 Å². The second kappa shape index (κ2) is 8.55. The van der Waals surface area contributed by atoms with E-state index in [4.69, 9.17) is 9.84 Å². The Morgan fingerprint density at radius 2 is 1.85 bits per heavy atom. The van der Waals surface area contributed by atoms with Crippen LogP contribution in [0.5, 0.6) is 5.75 Å². The molecule has 1 aliphatic heterocycles. The first kappa shape index (κ1) is 18.7. The minimum absolute atomic E-state index is 0.267. The lowest BCUT2D eigenvalue weighted by Crippen LogP contribution is -2.36. The molecule has 3 rings (SSSR count). The Hall–Kier alpha value is -3.06. The highest BCUT2D eigenvalue weighted by molar-refractivity contribution is 6.06. The maximum atomic E-state index is 12.6. The zero-order valence-electron chi connectivity index (χ0n) is 14.8. The minimum atomic E-state index is -1.08. The van der Waals surface area contributed by atoms with E-state index in [9.17, 15) is 14.7 Å². The van der Waals surface area contributed by atoms with Gasteiger partial charge in [0.25, 0.3) is 5.91 Å². The summed E-state index contributed by atoms with van der Waals surface area (Å²) >= 11 is 0. The van der Waals surface area contributed by atoms with Gasteiger partial charge in [-0.1, -0.05) is 18.2 Å². The Morgan fingerprint density at radius 3 is 2.59 bits per heavy atom. The van der Waals surface area contributed by atoms with E-state index in [1.165, 1.54) is 6.07 Å². The Balaban J connectivity index is 1.73. The summed E-state index contributed by atoms with van der Waals surface area (Å²) in [6.07, 6.45) is 1.13. The molecule has 3 N–H and O–H groups in total. The smallest absolute Gasteiger partial charge is 0.341 e. The Labute approximate surface area is 157 Å². The zero-order valence-corrected chi connectivity index (χ0v) is 14.8. The first-order chi connectivity index (χ1) is 13.0. The number of ether oxygens (including phenoxy) is 1. The number of nitrogens with one attached hydrogen (secondary N) is 1. The van der Waals surface area contributed by atoms with Crippen LogP contribution >= 0.6 is 0 Å². The molecule has 0 bridgehead atoms. The van der Waals surface area contributed by atoms with Gasteiger partial charge in [-0.3, -0.25) is 4.79 Å². The molecule has 0 unspecified atom stereocenters. The fourth-order valence-electron chi connectivity index (χ4n) is 3.03. The largest absolute Gasteiger partial charge is 0.482 e. The third kappa shape index (κ3) is 4.98. The van der Waals surface area contributed by atoms with Crippen LogP contribution in [0.3, 0.4) is 0 Å². The molecule has 142 valence electrons. The maximum Gasteiger partial charge on any atom is 0.341 e. The van der Waals surface area contributed by atoms with Crippen LogP contribution in [0, 0.1) is 0 Å². The number of benzene rings is 2. The Kier molecular flexibility index (Phi) is 5.93. The summed E-state index contributed by atoms with van der Waals surface area (Å²) in [7, 11) is 0. The van der Waals surface area contributed by atoms with Gasteiger partial charge in [0.1, 0.15) is 5.75 Å². The van der Waals surface area contributed by atoms with Crippen molar-refractivity contribution >= 4 is 23.3 Å². The van der Waals surface area contributed by atoms with E-state index in [0.717, 1.165) is 18.8 Å². The van der Waals surface area contributed by atoms with E-state index in [2.05, 4.69) is 10.2 Å². The maximum absolute atomic E-state index is 12.6. The number of hydrogen-bond donors (Lipinski definition) is 3. The molecule has 0 radical (unpaired) electrons. The molecule has 2 aromatic rings. The van der Waals surface area contributed by atoms with Gasteiger partial charge in [0.05, 0.1) is 17.5 Å². The molecule has 0 spiro atoms. The van der Waals surface area contributed by atoms with Crippen LogP contribution in [0.4, 0.5) is 11.4 Å². The van der Waals surface area contributed by atoms with Crippen LogP contribution in [-0.4, -0.2) is 47.9 Å². The summed E-state index contributed by atoms with van der Waals surface area (Å²) in [5.41, 5.74) is 1.98. The van der Waals surface area contributed by atoms with Gasteiger partial charge < -0.3 is 25.2 Å². The normalized spacial score (nSPS) is 14.6. The van der Waals surface area contributed by atoms with Crippen LogP contribution in [0.1, 0.15) is 23.2 Å². The van der Waals surface area contributed by atoms with Crippen molar-refractivity contribution in [3.8, 4) is 5.75 Å². The molecule has 27 heavy (non-hydrogen) atoms. The predicted octanol–water partition coefficient (Wildman–Crippen LogP) is 2.36. The fourth-order valence-corrected chi connectivity index (χ4v) is 3.03. The van der Waals surface area contributed by atoms with Gasteiger partial charge in [-0.15, -0.1) is 0 Å². The Bertz CT molecular complexity index is 816. The zero-order chi connectivity index (χ0) is 19.2. The number of nitrogens with zero attached hydrogens (tertiary/aromatic N) is 1. The van der Waals surface area contributed by atoms with Crippen LogP contribution < -0.4 is 15.0 Å². The molecule has 2 aromatic carbocycles. The van der Waals surface area contributed by atoms with Crippen molar-refractivity contribution in [2.24, 2.45) is 0 Å². The summed E-state index contributed by atoms with van der Waals surface area (Å²) in [4.78, 5) is 25.4. The lowest BCUT2D eigenvalue weighted by molar-refractivity contribution is -0.139. The number of rotatable bonds is 6. The van der Waals surface area contributed by atoms with Crippen molar-refractivity contribution in [1.82, 2.24) is 0 Å². The van der Waals surface area contributed by atoms with Gasteiger partial charge in [0, 0.05) is 18.7 Å². The number of anilines is 2. The number of piperidine rings is 1. The number of aliphatic hydroxyl groups is 1. The van der Waals surface area contributed by atoms with Crippen molar-refractivity contribution in [2.45, 2.75) is 18.9 Å². The number of aliphatic hydroxyl groups excluding tert-OH is 1. The molecular weight excluding hydrogens is 348 g/mol. The van der Waals surface area contributed by atoms with Gasteiger partial charge in [-0.05, 0) is 43.2 Å². The van der Waals surface area contributed by atoms with E-state index in [-0.39, 0.29) is 12.0 Å². The highest BCUT2D eigenvalue weighted by atomic mass is 16.5. The van der Waals surface area contributed by atoms with Gasteiger partial charge in [-0.2, -0.15) is 0 Å². The number of carboxylic acids is 1. The van der Waals surface area contributed by atoms with Crippen LogP contribution in [0.15, 0.2) is 48.5 Å². The summed E-state index contributed by atoms with van der Waals surface area (Å²) in [6.45, 7) is 0.994. The molecule has 0 atom stereocenters.